The van der Waals surface area contributed by atoms with E-state index in [4.69, 9.17) is 9.15 Å². The second kappa shape index (κ2) is 4.81. The fourth-order valence-electron chi connectivity index (χ4n) is 1.66. The smallest absolute Gasteiger partial charge is 0.361 e. The number of benzene rings is 1. The molecule has 0 bridgehead atoms. The summed E-state index contributed by atoms with van der Waals surface area (Å²) >= 11 is 0. The Morgan fingerprint density at radius 2 is 2.00 bits per heavy atom. The van der Waals surface area contributed by atoms with Crippen LogP contribution in [0.3, 0.4) is 0 Å². The normalized spacial score (nSPS) is 10.3. The zero-order valence-electron chi connectivity index (χ0n) is 9.87. The van der Waals surface area contributed by atoms with Gasteiger partial charge in [0.15, 0.2) is 0 Å². The monoisotopic (exact) mass is 254 g/mol. The minimum Gasteiger partial charge on any atom is -0.464 e. The third-order valence-electron chi connectivity index (χ3n) is 2.59. The van der Waals surface area contributed by atoms with Crippen LogP contribution in [-0.4, -0.2) is 16.2 Å². The van der Waals surface area contributed by atoms with Crippen LogP contribution in [0.4, 0.5) is 0 Å². The summed E-state index contributed by atoms with van der Waals surface area (Å²) in [6.07, 6.45) is 3.11. The van der Waals surface area contributed by atoms with Gasteiger partial charge in [0, 0.05) is 11.8 Å². The van der Waals surface area contributed by atoms with Crippen LogP contribution in [-0.2, 0) is 0 Å². The second-order valence-electron chi connectivity index (χ2n) is 3.86. The maximum atomic E-state index is 11.7. The van der Waals surface area contributed by atoms with E-state index in [9.17, 15) is 4.79 Å². The molecule has 19 heavy (non-hydrogen) atoms. The minimum absolute atomic E-state index is 0.315. The lowest BCUT2D eigenvalue weighted by molar-refractivity contribution is 0.0728. The predicted molar refractivity (Wildman–Crippen MR) is 67.7 cm³/mol. The highest BCUT2D eigenvalue weighted by Gasteiger charge is 2.09. The lowest BCUT2D eigenvalue weighted by atomic mass is 10.2. The van der Waals surface area contributed by atoms with E-state index in [0.717, 1.165) is 11.3 Å². The summed E-state index contributed by atoms with van der Waals surface area (Å²) in [6.45, 7) is 0. The number of esters is 1. The summed E-state index contributed by atoms with van der Waals surface area (Å²) in [5.41, 5.74) is 1.24. The van der Waals surface area contributed by atoms with Crippen LogP contribution in [0.2, 0.25) is 0 Å². The lowest BCUT2D eigenvalue weighted by Crippen LogP contribution is -2.08. The van der Waals surface area contributed by atoms with Crippen molar-refractivity contribution < 1.29 is 13.9 Å². The topological polar surface area (TPSA) is 68.1 Å². The van der Waals surface area contributed by atoms with Gasteiger partial charge in [0.05, 0.1) is 6.26 Å². The summed E-state index contributed by atoms with van der Waals surface area (Å²) in [6, 6.07) is 12.3. The number of nitrogens with one attached hydrogen (secondary N) is 1. The summed E-state index contributed by atoms with van der Waals surface area (Å²) in [4.78, 5) is 11.7. The van der Waals surface area contributed by atoms with Crippen LogP contribution in [0, 0.1) is 0 Å². The molecule has 0 fully saturated rings. The van der Waals surface area contributed by atoms with Crippen LogP contribution in [0.15, 0.2) is 59.3 Å². The molecule has 3 aromatic rings. The molecule has 1 aromatic carbocycles. The summed E-state index contributed by atoms with van der Waals surface area (Å²) in [5.74, 6) is 0.768. The van der Waals surface area contributed by atoms with E-state index >= 15 is 0 Å². The molecule has 0 aliphatic carbocycles. The van der Waals surface area contributed by atoms with E-state index in [1.54, 1.807) is 24.5 Å². The van der Waals surface area contributed by atoms with Crippen molar-refractivity contribution >= 4 is 5.97 Å². The highest BCUT2D eigenvalue weighted by molar-refractivity contribution is 5.88. The summed E-state index contributed by atoms with van der Waals surface area (Å²) in [7, 11) is 0. The van der Waals surface area contributed by atoms with Crippen molar-refractivity contribution in [3.63, 3.8) is 0 Å². The van der Waals surface area contributed by atoms with Gasteiger partial charge in [-0.1, -0.05) is 0 Å². The zero-order chi connectivity index (χ0) is 13.1. The number of aromatic nitrogens is 2. The molecule has 2 heterocycles. The number of H-pyrrole nitrogens is 1. The first-order valence-electron chi connectivity index (χ1n) is 5.68. The molecule has 0 amide bonds. The number of aromatic amines is 1. The summed E-state index contributed by atoms with van der Waals surface area (Å²) < 4.78 is 10.5. The van der Waals surface area contributed by atoms with Gasteiger partial charge in [0.2, 0.25) is 0 Å². The molecule has 2 aromatic heterocycles. The van der Waals surface area contributed by atoms with Crippen molar-refractivity contribution in [3.05, 3.63) is 60.6 Å². The quantitative estimate of drug-likeness (QED) is 0.576. The van der Waals surface area contributed by atoms with Gasteiger partial charge in [-0.2, -0.15) is 5.10 Å². The van der Waals surface area contributed by atoms with Gasteiger partial charge in [-0.05, 0) is 42.5 Å². The van der Waals surface area contributed by atoms with Crippen molar-refractivity contribution in [2.24, 2.45) is 0 Å². The third-order valence-corrected chi connectivity index (χ3v) is 2.59. The zero-order valence-corrected chi connectivity index (χ0v) is 9.87. The Morgan fingerprint density at radius 1 is 1.16 bits per heavy atom. The molecule has 5 heteroatoms. The molecule has 3 rings (SSSR count). The number of carbonyl (C=O) groups excluding carboxylic acids is 1. The predicted octanol–water partition coefficient (Wildman–Crippen LogP) is 2.89. The Bertz CT molecular complexity index is 655. The van der Waals surface area contributed by atoms with Gasteiger partial charge in [0.25, 0.3) is 0 Å². The number of ether oxygens (including phenoxy) is 1. The lowest BCUT2D eigenvalue weighted by Gasteiger charge is -2.03. The van der Waals surface area contributed by atoms with E-state index in [-0.39, 0.29) is 0 Å². The molecular weight excluding hydrogens is 244 g/mol. The SMILES string of the molecule is O=C(Oc1ccc(-c2ccco2)cc1)c1ccn[nH]1. The molecule has 1 N–H and O–H groups in total. The standard InChI is InChI=1S/C14H10N2O3/c17-14(12-7-8-15-16-12)19-11-5-3-10(4-6-11)13-2-1-9-18-13/h1-9H,(H,15,16). The van der Waals surface area contributed by atoms with Crippen LogP contribution in [0.1, 0.15) is 10.5 Å². The number of rotatable bonds is 3. The molecule has 0 aliphatic heterocycles. The summed E-state index contributed by atoms with van der Waals surface area (Å²) in [5, 5.41) is 6.25. The van der Waals surface area contributed by atoms with E-state index in [1.165, 1.54) is 6.20 Å². The van der Waals surface area contributed by atoms with Crippen molar-refractivity contribution in [1.29, 1.82) is 0 Å². The maximum Gasteiger partial charge on any atom is 0.361 e. The Morgan fingerprint density at radius 3 is 2.63 bits per heavy atom. The van der Waals surface area contributed by atoms with Crippen LogP contribution in [0.25, 0.3) is 11.3 Å². The highest BCUT2D eigenvalue weighted by atomic mass is 16.5. The van der Waals surface area contributed by atoms with E-state index < -0.39 is 5.97 Å². The molecule has 0 spiro atoms. The number of furan rings is 1. The largest absolute Gasteiger partial charge is 0.464 e. The molecule has 94 valence electrons. The average Bonchev–Trinajstić information content (AvgIpc) is 3.13. The minimum atomic E-state index is -0.469. The van der Waals surface area contributed by atoms with Crippen LogP contribution >= 0.6 is 0 Å². The Labute approximate surface area is 108 Å². The number of carbonyl (C=O) groups is 1. The molecule has 0 saturated heterocycles. The maximum absolute atomic E-state index is 11.7. The molecule has 0 aliphatic rings. The van der Waals surface area contributed by atoms with Gasteiger partial charge in [-0.3, -0.25) is 5.10 Å². The van der Waals surface area contributed by atoms with Gasteiger partial charge < -0.3 is 9.15 Å². The molecule has 0 saturated carbocycles. The van der Waals surface area contributed by atoms with E-state index in [0.29, 0.717) is 11.4 Å². The Kier molecular flexibility index (Phi) is 2.86. The average molecular weight is 254 g/mol. The second-order valence-corrected chi connectivity index (χ2v) is 3.86. The highest BCUT2D eigenvalue weighted by Crippen LogP contribution is 2.22. The van der Waals surface area contributed by atoms with E-state index in [2.05, 4.69) is 10.2 Å². The molecule has 0 atom stereocenters. The molecule has 0 unspecified atom stereocenters. The van der Waals surface area contributed by atoms with Crippen LogP contribution < -0.4 is 4.74 Å². The van der Waals surface area contributed by atoms with Crippen molar-refractivity contribution in [2.75, 3.05) is 0 Å². The fraction of sp³-hybridized carbons (Fsp3) is 0. The number of nitrogens with zero attached hydrogens (tertiary/aromatic N) is 1. The third kappa shape index (κ3) is 2.40. The molecular formula is C14H10N2O3. The van der Waals surface area contributed by atoms with Crippen molar-refractivity contribution in [3.8, 4) is 17.1 Å². The fourth-order valence-corrected chi connectivity index (χ4v) is 1.66. The van der Waals surface area contributed by atoms with Crippen molar-refractivity contribution in [2.45, 2.75) is 0 Å². The molecule has 5 nitrogen and oxygen atoms in total. The molecule has 0 radical (unpaired) electrons. The Hall–Kier alpha value is -2.82. The number of hydrogen-bond donors (Lipinski definition) is 1. The first-order valence-corrected chi connectivity index (χ1v) is 5.68. The first kappa shape index (κ1) is 11.3. The first-order chi connectivity index (χ1) is 9.33. The van der Waals surface area contributed by atoms with Gasteiger partial charge in [-0.15, -0.1) is 0 Å². The number of hydrogen-bond acceptors (Lipinski definition) is 4. The van der Waals surface area contributed by atoms with Gasteiger partial charge in [0.1, 0.15) is 17.2 Å². The van der Waals surface area contributed by atoms with Gasteiger partial charge in [-0.25, -0.2) is 4.79 Å². The van der Waals surface area contributed by atoms with Gasteiger partial charge >= 0.3 is 5.97 Å². The Balaban J connectivity index is 1.75. The van der Waals surface area contributed by atoms with Crippen LogP contribution in [0.5, 0.6) is 5.75 Å². The van der Waals surface area contributed by atoms with E-state index in [1.807, 2.05) is 24.3 Å². The van der Waals surface area contributed by atoms with Crippen molar-refractivity contribution in [1.82, 2.24) is 10.2 Å².